The van der Waals surface area contributed by atoms with Crippen LogP contribution in [0, 0.1) is 11.8 Å². The second kappa shape index (κ2) is 19.0. The lowest BCUT2D eigenvalue weighted by atomic mass is 9.88. The van der Waals surface area contributed by atoms with Crippen molar-refractivity contribution in [2.45, 2.75) is 142 Å². The van der Waals surface area contributed by atoms with Crippen LogP contribution in [0.4, 0.5) is 0 Å². The zero-order valence-corrected chi connectivity index (χ0v) is 26.5. The van der Waals surface area contributed by atoms with Gasteiger partial charge in [-0.2, -0.15) is 0 Å². The molecule has 0 heterocycles. The summed E-state index contributed by atoms with van der Waals surface area (Å²) in [6.07, 6.45) is 9.24. The molecule has 0 aromatic rings. The highest BCUT2D eigenvalue weighted by molar-refractivity contribution is 5.75. The van der Waals surface area contributed by atoms with E-state index in [1.54, 1.807) is 7.11 Å². The first kappa shape index (κ1) is 36.8. The maximum Gasteiger partial charge on any atom is 0.335 e. The maximum absolute atomic E-state index is 12.1. The predicted octanol–water partition coefficient (Wildman–Crippen LogP) is 5.59. The monoisotopic (exact) mass is 574 g/mol. The number of methoxy groups -OCH3 is 1. The lowest BCUT2D eigenvalue weighted by molar-refractivity contribution is -0.170. The fourth-order valence-electron chi connectivity index (χ4n) is 4.95. The van der Waals surface area contributed by atoms with Gasteiger partial charge in [0.1, 0.15) is 24.6 Å². The number of hydrogen-bond donors (Lipinski definition) is 1. The third kappa shape index (κ3) is 18.2. The number of rotatable bonds is 13. The Morgan fingerprint density at radius 3 is 2.08 bits per heavy atom. The van der Waals surface area contributed by atoms with Gasteiger partial charge in [-0.05, 0) is 98.3 Å². The molecule has 0 aromatic heterocycles. The normalized spacial score (nSPS) is 24.4. The molecule has 2 saturated carbocycles. The minimum Gasteiger partial charge on any atom is -0.458 e. The average molecular weight is 575 g/mol. The first-order valence-electron chi connectivity index (χ1n) is 15.1. The Morgan fingerprint density at radius 1 is 0.875 bits per heavy atom. The number of aliphatic hydroxyl groups is 1. The number of carbonyl (C=O) groups is 2. The van der Waals surface area contributed by atoms with E-state index in [9.17, 15) is 14.7 Å². The lowest BCUT2D eigenvalue weighted by Gasteiger charge is -2.28. The molecule has 2 rings (SSSR count). The van der Waals surface area contributed by atoms with Gasteiger partial charge in [0.05, 0.1) is 25.4 Å². The van der Waals surface area contributed by atoms with Crippen LogP contribution in [0.5, 0.6) is 0 Å². The standard InChI is InChI=1S/C16H30O4.C15H28O5/c1-5-7-14(15(18)20-16(2,3)4)19-11-12-8-6-9-13(17)10-12;1-15(2,3)20-14(16)10-18-9-12-6-5-7-13(8-12)19-11-17-4/h12-14,17H,5-11H2,1-4H3;12-13H,5-11H2,1-4H3. The fourth-order valence-corrected chi connectivity index (χ4v) is 4.95. The largest absolute Gasteiger partial charge is 0.458 e. The van der Waals surface area contributed by atoms with E-state index in [2.05, 4.69) is 0 Å². The summed E-state index contributed by atoms with van der Waals surface area (Å²) >= 11 is 0. The Labute approximate surface area is 242 Å². The van der Waals surface area contributed by atoms with E-state index >= 15 is 0 Å². The molecular weight excluding hydrogens is 516 g/mol. The van der Waals surface area contributed by atoms with Gasteiger partial charge >= 0.3 is 11.9 Å². The second-order valence-corrected chi connectivity index (χ2v) is 13.2. The van der Waals surface area contributed by atoms with Crippen LogP contribution < -0.4 is 0 Å². The quantitative estimate of drug-likeness (QED) is 0.222. The highest BCUT2D eigenvalue weighted by atomic mass is 16.7. The van der Waals surface area contributed by atoms with Crippen molar-refractivity contribution in [2.75, 3.05) is 33.7 Å². The summed E-state index contributed by atoms with van der Waals surface area (Å²) in [5, 5.41) is 9.66. The van der Waals surface area contributed by atoms with Crippen molar-refractivity contribution in [3.63, 3.8) is 0 Å². The van der Waals surface area contributed by atoms with Gasteiger partial charge in [-0.25, -0.2) is 9.59 Å². The minimum atomic E-state index is -0.479. The summed E-state index contributed by atoms with van der Waals surface area (Å²) in [6, 6.07) is 0. The third-order valence-corrected chi connectivity index (χ3v) is 6.66. The fraction of sp³-hybridized carbons (Fsp3) is 0.935. The molecule has 0 radical (unpaired) electrons. The van der Waals surface area contributed by atoms with E-state index in [-0.39, 0.29) is 30.8 Å². The summed E-state index contributed by atoms with van der Waals surface area (Å²) in [5.41, 5.74) is -0.933. The van der Waals surface area contributed by atoms with Crippen molar-refractivity contribution in [2.24, 2.45) is 11.8 Å². The molecule has 2 aliphatic rings. The smallest absolute Gasteiger partial charge is 0.335 e. The minimum absolute atomic E-state index is 0.0252. The zero-order chi connectivity index (χ0) is 30.2. The number of ether oxygens (including phenoxy) is 6. The molecule has 0 aliphatic heterocycles. The number of aliphatic hydroxyl groups excluding tert-OH is 1. The summed E-state index contributed by atoms with van der Waals surface area (Å²) < 4.78 is 32.4. The van der Waals surface area contributed by atoms with Crippen LogP contribution in [-0.2, 0) is 38.0 Å². The van der Waals surface area contributed by atoms with Gasteiger partial charge in [-0.1, -0.05) is 26.2 Å². The van der Waals surface area contributed by atoms with Crippen molar-refractivity contribution in [1.82, 2.24) is 0 Å². The first-order chi connectivity index (χ1) is 18.7. The molecule has 5 atom stereocenters. The molecule has 9 heteroatoms. The molecule has 40 heavy (non-hydrogen) atoms. The van der Waals surface area contributed by atoms with E-state index in [0.29, 0.717) is 38.3 Å². The van der Waals surface area contributed by atoms with Crippen LogP contribution >= 0.6 is 0 Å². The molecule has 0 aromatic carbocycles. The van der Waals surface area contributed by atoms with E-state index in [1.165, 1.54) is 0 Å². The Balaban J connectivity index is 0.000000400. The summed E-state index contributed by atoms with van der Waals surface area (Å²) in [4.78, 5) is 23.6. The van der Waals surface area contributed by atoms with Crippen LogP contribution in [0.15, 0.2) is 0 Å². The number of hydrogen-bond acceptors (Lipinski definition) is 9. The number of esters is 2. The van der Waals surface area contributed by atoms with Gasteiger partial charge in [0, 0.05) is 7.11 Å². The van der Waals surface area contributed by atoms with Gasteiger partial charge in [0.2, 0.25) is 0 Å². The van der Waals surface area contributed by atoms with E-state index < -0.39 is 17.3 Å². The Hall–Kier alpha value is -1.26. The number of carbonyl (C=O) groups excluding carboxylic acids is 2. The molecule has 1 N–H and O–H groups in total. The molecular formula is C31H58O9. The zero-order valence-electron chi connectivity index (χ0n) is 26.5. The molecule has 5 unspecified atom stereocenters. The van der Waals surface area contributed by atoms with Crippen LogP contribution in [0.3, 0.4) is 0 Å². The Morgan fingerprint density at radius 2 is 1.50 bits per heavy atom. The maximum atomic E-state index is 12.1. The molecule has 9 nitrogen and oxygen atoms in total. The van der Waals surface area contributed by atoms with Crippen molar-refractivity contribution < 1.29 is 43.1 Å². The molecule has 2 aliphatic carbocycles. The molecule has 0 bridgehead atoms. The van der Waals surface area contributed by atoms with Gasteiger partial charge in [-0.15, -0.1) is 0 Å². The van der Waals surface area contributed by atoms with Gasteiger partial charge in [-0.3, -0.25) is 0 Å². The van der Waals surface area contributed by atoms with Crippen LogP contribution in [0.2, 0.25) is 0 Å². The average Bonchev–Trinajstić information content (AvgIpc) is 2.84. The van der Waals surface area contributed by atoms with Crippen LogP contribution in [0.1, 0.15) is 113 Å². The summed E-state index contributed by atoms with van der Waals surface area (Å²) in [7, 11) is 1.63. The topological polar surface area (TPSA) is 110 Å². The van der Waals surface area contributed by atoms with Crippen LogP contribution in [-0.4, -0.2) is 80.3 Å². The van der Waals surface area contributed by atoms with Crippen molar-refractivity contribution in [3.05, 3.63) is 0 Å². The van der Waals surface area contributed by atoms with Crippen molar-refractivity contribution in [1.29, 1.82) is 0 Å². The van der Waals surface area contributed by atoms with Gasteiger partial charge in [0.15, 0.2) is 6.10 Å². The molecule has 2 fully saturated rings. The van der Waals surface area contributed by atoms with Crippen LogP contribution in [0.25, 0.3) is 0 Å². The predicted molar refractivity (Wildman–Crippen MR) is 154 cm³/mol. The lowest BCUT2D eigenvalue weighted by Crippen LogP contribution is -2.35. The SMILES string of the molecule is CCCC(OCC1CCCC(O)C1)C(=O)OC(C)(C)C.COCOC1CCCC(COCC(=O)OC(C)(C)C)C1. The second-order valence-electron chi connectivity index (χ2n) is 13.2. The van der Waals surface area contributed by atoms with Crippen molar-refractivity contribution >= 4 is 11.9 Å². The molecule has 236 valence electrons. The van der Waals surface area contributed by atoms with E-state index in [0.717, 1.165) is 57.8 Å². The molecule has 0 saturated heterocycles. The van der Waals surface area contributed by atoms with E-state index in [1.807, 2.05) is 48.5 Å². The van der Waals surface area contributed by atoms with E-state index in [4.69, 9.17) is 28.4 Å². The summed E-state index contributed by atoms with van der Waals surface area (Å²) in [6.45, 7) is 14.7. The highest BCUT2D eigenvalue weighted by Crippen LogP contribution is 2.27. The molecule has 0 amide bonds. The Bertz CT molecular complexity index is 698. The highest BCUT2D eigenvalue weighted by Gasteiger charge is 2.28. The molecule has 0 spiro atoms. The van der Waals surface area contributed by atoms with Gasteiger partial charge < -0.3 is 33.5 Å². The van der Waals surface area contributed by atoms with Gasteiger partial charge in [0.25, 0.3) is 0 Å². The Kier molecular flexibility index (Phi) is 17.5. The first-order valence-corrected chi connectivity index (χ1v) is 15.1. The van der Waals surface area contributed by atoms with Crippen molar-refractivity contribution in [3.8, 4) is 0 Å². The summed E-state index contributed by atoms with van der Waals surface area (Å²) in [5.74, 6) is 0.241. The third-order valence-electron chi connectivity index (χ3n) is 6.66.